The highest BCUT2D eigenvalue weighted by molar-refractivity contribution is 5.43. The molecule has 0 spiro atoms. The molecule has 0 fully saturated rings. The molecule has 0 atom stereocenters. The van der Waals surface area contributed by atoms with Gasteiger partial charge in [0, 0.05) is 5.56 Å². The maximum absolute atomic E-state index is 12.0. The molecule has 1 aromatic rings. The Balaban J connectivity index is 3.10. The third-order valence-electron chi connectivity index (χ3n) is 1.68. The minimum Gasteiger partial charge on any atom is -0.405 e. The van der Waals surface area contributed by atoms with Crippen LogP contribution in [0.4, 0.5) is 13.2 Å². The zero-order valence-corrected chi connectivity index (χ0v) is 7.88. The standard InChI is InChI=1S/C10H5F3N2O/c11-10(12,13)16-9-2-1-7(6-15)5-8(9)3-4-14/h1-2,5H,3H2. The summed E-state index contributed by atoms with van der Waals surface area (Å²) in [7, 11) is 0. The van der Waals surface area contributed by atoms with Gasteiger partial charge in [0.2, 0.25) is 0 Å². The second-order valence-corrected chi connectivity index (χ2v) is 2.82. The summed E-state index contributed by atoms with van der Waals surface area (Å²) in [6, 6.07) is 6.90. The van der Waals surface area contributed by atoms with E-state index >= 15 is 0 Å². The van der Waals surface area contributed by atoms with Crippen molar-refractivity contribution in [3.8, 4) is 17.9 Å². The Hall–Kier alpha value is -2.21. The highest BCUT2D eigenvalue weighted by atomic mass is 19.4. The van der Waals surface area contributed by atoms with E-state index in [0.717, 1.165) is 6.07 Å². The fourth-order valence-electron chi connectivity index (χ4n) is 1.10. The molecule has 0 saturated carbocycles. The molecule has 0 unspecified atom stereocenters. The lowest BCUT2D eigenvalue weighted by Gasteiger charge is -2.11. The number of nitriles is 2. The maximum atomic E-state index is 12.0. The van der Waals surface area contributed by atoms with Crippen molar-refractivity contribution in [2.75, 3.05) is 0 Å². The number of nitrogens with zero attached hydrogens (tertiary/aromatic N) is 2. The highest BCUT2D eigenvalue weighted by Gasteiger charge is 2.32. The van der Waals surface area contributed by atoms with E-state index in [4.69, 9.17) is 10.5 Å². The third-order valence-corrected chi connectivity index (χ3v) is 1.68. The van der Waals surface area contributed by atoms with E-state index in [-0.39, 0.29) is 17.5 Å². The average Bonchev–Trinajstić information content (AvgIpc) is 2.19. The van der Waals surface area contributed by atoms with E-state index in [1.165, 1.54) is 12.1 Å². The largest absolute Gasteiger partial charge is 0.573 e. The molecule has 0 bridgehead atoms. The Kier molecular flexibility index (Phi) is 3.37. The lowest BCUT2D eigenvalue weighted by Crippen LogP contribution is -2.18. The van der Waals surface area contributed by atoms with Crippen LogP contribution >= 0.6 is 0 Å². The predicted octanol–water partition coefficient (Wildman–Crippen LogP) is 2.52. The monoisotopic (exact) mass is 226 g/mol. The van der Waals surface area contributed by atoms with Crippen molar-refractivity contribution >= 4 is 0 Å². The molecular weight excluding hydrogens is 221 g/mol. The Bertz CT molecular complexity index is 468. The second-order valence-electron chi connectivity index (χ2n) is 2.82. The van der Waals surface area contributed by atoms with Crippen LogP contribution in [0.2, 0.25) is 0 Å². The summed E-state index contributed by atoms with van der Waals surface area (Å²) in [6.45, 7) is 0. The highest BCUT2D eigenvalue weighted by Crippen LogP contribution is 2.27. The maximum Gasteiger partial charge on any atom is 0.573 e. The van der Waals surface area contributed by atoms with E-state index in [1.807, 2.05) is 0 Å². The number of alkyl halides is 3. The summed E-state index contributed by atoms with van der Waals surface area (Å²) in [5.74, 6) is -0.451. The van der Waals surface area contributed by atoms with E-state index in [9.17, 15) is 13.2 Å². The third kappa shape index (κ3) is 3.18. The molecule has 6 heteroatoms. The average molecular weight is 226 g/mol. The van der Waals surface area contributed by atoms with Gasteiger partial charge in [-0.05, 0) is 18.2 Å². The van der Waals surface area contributed by atoms with Crippen LogP contribution in [0.25, 0.3) is 0 Å². The van der Waals surface area contributed by atoms with Gasteiger partial charge in [-0.3, -0.25) is 0 Å². The van der Waals surface area contributed by atoms with Gasteiger partial charge in [0.05, 0.1) is 24.1 Å². The molecule has 1 aromatic carbocycles. The molecule has 3 nitrogen and oxygen atoms in total. The first-order valence-corrected chi connectivity index (χ1v) is 4.12. The van der Waals surface area contributed by atoms with Gasteiger partial charge in [-0.15, -0.1) is 13.2 Å². The van der Waals surface area contributed by atoms with Gasteiger partial charge in [-0.25, -0.2) is 0 Å². The quantitative estimate of drug-likeness (QED) is 0.778. The van der Waals surface area contributed by atoms with Gasteiger partial charge in [-0.1, -0.05) is 0 Å². The van der Waals surface area contributed by atoms with Crippen molar-refractivity contribution in [1.82, 2.24) is 0 Å². The molecule has 0 aliphatic heterocycles. The van der Waals surface area contributed by atoms with Crippen molar-refractivity contribution < 1.29 is 17.9 Å². The molecule has 0 amide bonds. The van der Waals surface area contributed by atoms with Crippen molar-refractivity contribution in [2.45, 2.75) is 12.8 Å². The lowest BCUT2D eigenvalue weighted by atomic mass is 10.1. The number of rotatable bonds is 2. The van der Waals surface area contributed by atoms with Crippen LogP contribution in [0.1, 0.15) is 11.1 Å². The van der Waals surface area contributed by atoms with E-state index in [2.05, 4.69) is 4.74 Å². The Labute approximate surface area is 89.3 Å². The van der Waals surface area contributed by atoms with Crippen molar-refractivity contribution in [3.63, 3.8) is 0 Å². The lowest BCUT2D eigenvalue weighted by molar-refractivity contribution is -0.274. The molecule has 0 radical (unpaired) electrons. The number of hydrogen-bond acceptors (Lipinski definition) is 3. The number of halogens is 3. The molecule has 0 saturated heterocycles. The zero-order valence-electron chi connectivity index (χ0n) is 7.88. The van der Waals surface area contributed by atoms with Crippen molar-refractivity contribution in [2.24, 2.45) is 0 Å². The first kappa shape index (κ1) is 11.9. The number of ether oxygens (including phenoxy) is 1. The van der Waals surface area contributed by atoms with E-state index in [0.29, 0.717) is 0 Å². The van der Waals surface area contributed by atoms with Gasteiger partial charge in [0.25, 0.3) is 0 Å². The Morgan fingerprint density at radius 2 is 1.94 bits per heavy atom. The molecule has 82 valence electrons. The Morgan fingerprint density at radius 1 is 1.25 bits per heavy atom. The summed E-state index contributed by atoms with van der Waals surface area (Å²) in [6.07, 6.45) is -5.06. The first-order chi connectivity index (χ1) is 7.46. The number of benzene rings is 1. The summed E-state index contributed by atoms with van der Waals surface area (Å²) < 4.78 is 39.6. The summed E-state index contributed by atoms with van der Waals surface area (Å²) in [5, 5.41) is 17.0. The predicted molar refractivity (Wildman–Crippen MR) is 47.2 cm³/mol. The fourth-order valence-corrected chi connectivity index (χ4v) is 1.10. The van der Waals surface area contributed by atoms with Crippen LogP contribution in [0.3, 0.4) is 0 Å². The smallest absolute Gasteiger partial charge is 0.405 e. The Morgan fingerprint density at radius 3 is 2.44 bits per heavy atom. The summed E-state index contributed by atoms with van der Waals surface area (Å²) in [5.41, 5.74) is 0.221. The number of hydrogen-bond donors (Lipinski definition) is 0. The fraction of sp³-hybridized carbons (Fsp3) is 0.200. The first-order valence-electron chi connectivity index (χ1n) is 4.12. The topological polar surface area (TPSA) is 56.8 Å². The van der Waals surface area contributed by atoms with Gasteiger partial charge < -0.3 is 4.74 Å². The molecular formula is C10H5F3N2O. The van der Waals surface area contributed by atoms with Crippen LogP contribution in [0.5, 0.6) is 5.75 Å². The van der Waals surface area contributed by atoms with Crippen molar-refractivity contribution in [3.05, 3.63) is 29.3 Å². The molecule has 1 rings (SSSR count). The van der Waals surface area contributed by atoms with Gasteiger partial charge >= 0.3 is 6.36 Å². The van der Waals surface area contributed by atoms with Crippen LogP contribution in [0, 0.1) is 22.7 Å². The summed E-state index contributed by atoms with van der Waals surface area (Å²) >= 11 is 0. The van der Waals surface area contributed by atoms with Gasteiger partial charge in [0.15, 0.2) is 0 Å². The van der Waals surface area contributed by atoms with Gasteiger partial charge in [0.1, 0.15) is 5.75 Å². The molecule has 16 heavy (non-hydrogen) atoms. The second kappa shape index (κ2) is 4.54. The minimum absolute atomic E-state index is 0.0406. The SMILES string of the molecule is N#CCc1cc(C#N)ccc1OC(F)(F)F. The molecule has 0 aliphatic rings. The van der Waals surface area contributed by atoms with Crippen LogP contribution in [0.15, 0.2) is 18.2 Å². The normalized spacial score (nSPS) is 10.3. The molecule has 0 heterocycles. The van der Waals surface area contributed by atoms with Crippen molar-refractivity contribution in [1.29, 1.82) is 10.5 Å². The molecule has 0 aromatic heterocycles. The molecule has 0 aliphatic carbocycles. The van der Waals surface area contributed by atoms with E-state index < -0.39 is 12.1 Å². The summed E-state index contributed by atoms with van der Waals surface area (Å²) in [4.78, 5) is 0. The van der Waals surface area contributed by atoms with Crippen LogP contribution in [-0.2, 0) is 6.42 Å². The van der Waals surface area contributed by atoms with E-state index in [1.54, 1.807) is 12.1 Å². The minimum atomic E-state index is -4.81. The zero-order chi connectivity index (χ0) is 12.2. The van der Waals surface area contributed by atoms with Gasteiger partial charge in [-0.2, -0.15) is 10.5 Å². The van der Waals surface area contributed by atoms with Crippen LogP contribution < -0.4 is 4.74 Å². The molecule has 0 N–H and O–H groups in total. The van der Waals surface area contributed by atoms with Crippen LogP contribution in [-0.4, -0.2) is 6.36 Å².